The molecule has 0 radical (unpaired) electrons. The first-order chi connectivity index (χ1) is 14.3. The van der Waals surface area contributed by atoms with Gasteiger partial charge in [-0.15, -0.1) is 10.2 Å². The molecule has 10 heteroatoms. The fourth-order valence-electron chi connectivity index (χ4n) is 3.40. The number of carbonyl (C=O) groups is 1. The Kier molecular flexibility index (Phi) is 3.85. The number of aromatic nitrogens is 6. The van der Waals surface area contributed by atoms with Crippen molar-refractivity contribution in [2.75, 3.05) is 5.32 Å². The van der Waals surface area contributed by atoms with E-state index in [9.17, 15) is 13.6 Å². The average molecular weight is 407 g/mol. The zero-order valence-electron chi connectivity index (χ0n) is 16.0. The Balaban J connectivity index is 1.62. The summed E-state index contributed by atoms with van der Waals surface area (Å²) in [6.07, 6.45) is 1.59. The van der Waals surface area contributed by atoms with Crippen molar-refractivity contribution in [3.63, 3.8) is 0 Å². The topological polar surface area (TPSA) is 98.5 Å². The average Bonchev–Trinajstić information content (AvgIpc) is 3.19. The maximum Gasteiger partial charge on any atom is 0.237 e. The summed E-state index contributed by atoms with van der Waals surface area (Å²) in [4.78, 5) is 20.9. The lowest BCUT2D eigenvalue weighted by Crippen LogP contribution is -2.27. The van der Waals surface area contributed by atoms with Crippen molar-refractivity contribution in [3.05, 3.63) is 59.4 Å². The minimum Gasteiger partial charge on any atom is -0.308 e. The molecular formula is C20H15F2N7O. The summed E-state index contributed by atoms with van der Waals surface area (Å²) in [5, 5.41) is 16.2. The molecule has 0 bridgehead atoms. The summed E-state index contributed by atoms with van der Waals surface area (Å²) in [5.41, 5.74) is 0.794. The van der Waals surface area contributed by atoms with Crippen LogP contribution < -0.4 is 5.32 Å². The summed E-state index contributed by atoms with van der Waals surface area (Å²) < 4.78 is 28.9. The van der Waals surface area contributed by atoms with Gasteiger partial charge in [0.25, 0.3) is 0 Å². The standard InChI is InChI=1S/C20H15F2N7O/c1-20(2)15-17(25-19(20)30)24-16(27-26-15)14-12-4-3-7-23-18(12)29(28-14)9-10-5-6-11(21)8-13(10)22/h3-8H,9H2,1-2H3,(H,24,25,27,30). The van der Waals surface area contributed by atoms with Gasteiger partial charge >= 0.3 is 0 Å². The van der Waals surface area contributed by atoms with Crippen LogP contribution in [0.3, 0.4) is 0 Å². The highest BCUT2D eigenvalue weighted by atomic mass is 19.1. The predicted molar refractivity (Wildman–Crippen MR) is 103 cm³/mol. The maximum atomic E-state index is 14.1. The number of rotatable bonds is 3. The molecular weight excluding hydrogens is 392 g/mol. The van der Waals surface area contributed by atoms with E-state index in [1.54, 1.807) is 32.2 Å². The van der Waals surface area contributed by atoms with Crippen LogP contribution >= 0.6 is 0 Å². The predicted octanol–water partition coefficient (Wildman–Crippen LogP) is 2.84. The van der Waals surface area contributed by atoms with Gasteiger partial charge in [-0.05, 0) is 32.0 Å². The second-order valence-corrected chi connectivity index (χ2v) is 7.53. The number of hydrogen-bond donors (Lipinski definition) is 1. The lowest BCUT2D eigenvalue weighted by Gasteiger charge is -2.11. The zero-order valence-corrected chi connectivity index (χ0v) is 16.0. The van der Waals surface area contributed by atoms with Crippen molar-refractivity contribution in [1.82, 2.24) is 29.9 Å². The fraction of sp³-hybridized carbons (Fsp3) is 0.200. The smallest absolute Gasteiger partial charge is 0.237 e. The highest BCUT2D eigenvalue weighted by Gasteiger charge is 2.42. The Bertz CT molecular complexity index is 1330. The Labute approximate surface area is 169 Å². The van der Waals surface area contributed by atoms with Gasteiger partial charge < -0.3 is 5.32 Å². The monoisotopic (exact) mass is 407 g/mol. The van der Waals surface area contributed by atoms with E-state index in [1.807, 2.05) is 0 Å². The largest absolute Gasteiger partial charge is 0.308 e. The van der Waals surface area contributed by atoms with E-state index in [4.69, 9.17) is 0 Å². The first kappa shape index (κ1) is 18.2. The lowest BCUT2D eigenvalue weighted by molar-refractivity contribution is -0.119. The van der Waals surface area contributed by atoms with Gasteiger partial charge in [0.05, 0.1) is 17.3 Å². The van der Waals surface area contributed by atoms with Gasteiger partial charge in [0.2, 0.25) is 11.7 Å². The van der Waals surface area contributed by atoms with Crippen LogP contribution in [0.2, 0.25) is 0 Å². The van der Waals surface area contributed by atoms with E-state index in [0.717, 1.165) is 6.07 Å². The van der Waals surface area contributed by atoms with Crippen LogP contribution in [-0.4, -0.2) is 35.9 Å². The molecule has 0 saturated heterocycles. The Morgan fingerprint density at radius 3 is 2.80 bits per heavy atom. The van der Waals surface area contributed by atoms with Crippen molar-refractivity contribution < 1.29 is 13.6 Å². The minimum absolute atomic E-state index is 0.0434. The van der Waals surface area contributed by atoms with Gasteiger partial charge in [-0.2, -0.15) is 5.10 Å². The van der Waals surface area contributed by atoms with E-state index in [1.165, 1.54) is 16.8 Å². The van der Waals surface area contributed by atoms with Crippen molar-refractivity contribution in [1.29, 1.82) is 0 Å². The zero-order chi connectivity index (χ0) is 21.0. The molecule has 150 valence electrons. The SMILES string of the molecule is CC1(C)C(=O)Nc2nc(-c3nn(Cc4ccc(F)cc4F)c4ncccc34)nnc21. The Morgan fingerprint density at radius 1 is 1.17 bits per heavy atom. The Hall–Kier alpha value is -3.82. The van der Waals surface area contributed by atoms with E-state index in [2.05, 4.69) is 30.6 Å². The molecule has 1 aliphatic rings. The third kappa shape index (κ3) is 2.71. The molecule has 4 heterocycles. The molecule has 0 fully saturated rings. The number of nitrogens with one attached hydrogen (secondary N) is 1. The number of halogens is 2. The quantitative estimate of drug-likeness (QED) is 0.561. The van der Waals surface area contributed by atoms with E-state index >= 15 is 0 Å². The molecule has 0 saturated carbocycles. The highest BCUT2D eigenvalue weighted by molar-refractivity contribution is 6.04. The van der Waals surface area contributed by atoms with Gasteiger partial charge in [-0.1, -0.05) is 6.07 Å². The number of hydrogen-bond acceptors (Lipinski definition) is 6. The van der Waals surface area contributed by atoms with Crippen LogP contribution in [0.5, 0.6) is 0 Å². The number of nitrogens with zero attached hydrogens (tertiary/aromatic N) is 6. The summed E-state index contributed by atoms with van der Waals surface area (Å²) in [6, 6.07) is 6.92. The summed E-state index contributed by atoms with van der Waals surface area (Å²) >= 11 is 0. The molecule has 8 nitrogen and oxygen atoms in total. The van der Waals surface area contributed by atoms with Crippen LogP contribution in [0.25, 0.3) is 22.6 Å². The van der Waals surface area contributed by atoms with Crippen LogP contribution in [0, 0.1) is 11.6 Å². The summed E-state index contributed by atoms with van der Waals surface area (Å²) in [7, 11) is 0. The molecule has 1 aromatic carbocycles. The Morgan fingerprint density at radius 2 is 2.00 bits per heavy atom. The van der Waals surface area contributed by atoms with Gasteiger partial charge in [0, 0.05) is 17.8 Å². The highest BCUT2D eigenvalue weighted by Crippen LogP contribution is 2.35. The molecule has 0 aliphatic carbocycles. The number of amides is 1. The van der Waals surface area contributed by atoms with Crippen LogP contribution in [0.1, 0.15) is 25.1 Å². The van der Waals surface area contributed by atoms with E-state index in [0.29, 0.717) is 28.2 Å². The number of benzene rings is 1. The molecule has 30 heavy (non-hydrogen) atoms. The normalized spacial score (nSPS) is 14.7. The van der Waals surface area contributed by atoms with Crippen molar-refractivity contribution in [2.24, 2.45) is 0 Å². The van der Waals surface area contributed by atoms with Crippen molar-refractivity contribution in [2.45, 2.75) is 25.8 Å². The van der Waals surface area contributed by atoms with Crippen LogP contribution in [-0.2, 0) is 16.8 Å². The lowest BCUT2D eigenvalue weighted by atomic mass is 9.91. The molecule has 0 unspecified atom stereocenters. The fourth-order valence-corrected chi connectivity index (χ4v) is 3.40. The minimum atomic E-state index is -0.822. The van der Waals surface area contributed by atoms with E-state index < -0.39 is 17.0 Å². The molecule has 3 aromatic heterocycles. The third-order valence-electron chi connectivity index (χ3n) is 5.13. The maximum absolute atomic E-state index is 14.1. The molecule has 0 spiro atoms. The van der Waals surface area contributed by atoms with Gasteiger partial charge in [0.15, 0.2) is 11.5 Å². The van der Waals surface area contributed by atoms with Gasteiger partial charge in [-0.25, -0.2) is 23.4 Å². The van der Waals surface area contributed by atoms with Gasteiger partial charge in [0.1, 0.15) is 23.0 Å². The summed E-state index contributed by atoms with van der Waals surface area (Å²) in [5.74, 6) is -0.978. The molecule has 4 aromatic rings. The molecule has 1 amide bonds. The molecule has 0 atom stereocenters. The van der Waals surface area contributed by atoms with Crippen molar-refractivity contribution >= 4 is 22.8 Å². The number of fused-ring (bicyclic) bond motifs is 2. The number of pyridine rings is 1. The summed E-state index contributed by atoms with van der Waals surface area (Å²) in [6.45, 7) is 3.53. The first-order valence-corrected chi connectivity index (χ1v) is 9.17. The van der Waals surface area contributed by atoms with Crippen LogP contribution in [0.15, 0.2) is 36.5 Å². The first-order valence-electron chi connectivity index (χ1n) is 9.17. The van der Waals surface area contributed by atoms with Crippen LogP contribution in [0.4, 0.5) is 14.6 Å². The van der Waals surface area contributed by atoms with E-state index in [-0.39, 0.29) is 23.8 Å². The molecule has 1 aliphatic heterocycles. The van der Waals surface area contributed by atoms with Crippen molar-refractivity contribution in [3.8, 4) is 11.5 Å². The molecule has 1 N–H and O–H groups in total. The number of carbonyl (C=O) groups excluding carboxylic acids is 1. The van der Waals surface area contributed by atoms with Gasteiger partial charge in [-0.3, -0.25) is 4.79 Å². The third-order valence-corrected chi connectivity index (χ3v) is 5.13. The second-order valence-electron chi connectivity index (χ2n) is 7.53. The molecule has 5 rings (SSSR count). The number of anilines is 1. The second kappa shape index (κ2) is 6.34.